The second kappa shape index (κ2) is 19.1. The fourth-order valence-electron chi connectivity index (χ4n) is 2.64. The zero-order chi connectivity index (χ0) is 20.2. The molecule has 2 N–H and O–H groups in total. The molecule has 0 saturated heterocycles. The van der Waals surface area contributed by atoms with E-state index >= 15 is 0 Å². The van der Waals surface area contributed by atoms with Crippen LogP contribution in [0.3, 0.4) is 0 Å². The highest BCUT2D eigenvalue weighted by Crippen LogP contribution is 2.10. The monoisotopic (exact) mass is 412 g/mol. The van der Waals surface area contributed by atoms with Crippen LogP contribution in [0.25, 0.3) is 0 Å². The van der Waals surface area contributed by atoms with Gasteiger partial charge in [-0.2, -0.15) is 8.42 Å². The van der Waals surface area contributed by atoms with Crippen molar-refractivity contribution >= 4 is 10.1 Å². The Morgan fingerprint density at radius 1 is 0.704 bits per heavy atom. The molecule has 0 aliphatic heterocycles. The molecule has 1 atom stereocenters. The fourth-order valence-corrected chi connectivity index (χ4v) is 3.22. The van der Waals surface area contributed by atoms with Crippen molar-refractivity contribution in [3.63, 3.8) is 0 Å². The number of hydrogen-bond donors (Lipinski definition) is 2. The van der Waals surface area contributed by atoms with Gasteiger partial charge in [0, 0.05) is 6.61 Å². The zero-order valence-electron chi connectivity index (χ0n) is 16.9. The minimum Gasteiger partial charge on any atom is -0.390 e. The summed E-state index contributed by atoms with van der Waals surface area (Å²) in [5.41, 5.74) is 0. The van der Waals surface area contributed by atoms with E-state index < -0.39 is 22.0 Å². The van der Waals surface area contributed by atoms with Crippen LogP contribution in [0.1, 0.15) is 71.1 Å². The van der Waals surface area contributed by atoms with Gasteiger partial charge >= 0.3 is 0 Å². The van der Waals surface area contributed by atoms with Crippen LogP contribution in [0.2, 0.25) is 0 Å². The van der Waals surface area contributed by atoms with Crippen LogP contribution in [0, 0.1) is 0 Å². The first-order chi connectivity index (χ1) is 13.0. The van der Waals surface area contributed by atoms with Crippen molar-refractivity contribution in [1.82, 2.24) is 0 Å². The number of ether oxygens (including phenoxy) is 3. The summed E-state index contributed by atoms with van der Waals surface area (Å²) in [7, 11) is -4.18. The van der Waals surface area contributed by atoms with E-state index in [1.165, 1.54) is 57.8 Å². The van der Waals surface area contributed by atoms with Crippen molar-refractivity contribution in [3.8, 4) is 0 Å². The normalized spacial score (nSPS) is 13.1. The molecule has 0 aromatic carbocycles. The van der Waals surface area contributed by atoms with Crippen LogP contribution in [0.4, 0.5) is 0 Å². The number of rotatable bonds is 21. The Morgan fingerprint density at radius 3 is 1.67 bits per heavy atom. The van der Waals surface area contributed by atoms with E-state index in [1.54, 1.807) is 0 Å². The van der Waals surface area contributed by atoms with Crippen LogP contribution in [0.5, 0.6) is 0 Å². The summed E-state index contributed by atoms with van der Waals surface area (Å²) in [4.78, 5) is 0. The summed E-state index contributed by atoms with van der Waals surface area (Å²) in [6.07, 6.45) is 11.9. The average Bonchev–Trinajstić information content (AvgIpc) is 2.59. The van der Waals surface area contributed by atoms with Crippen molar-refractivity contribution in [3.05, 3.63) is 0 Å². The number of aliphatic hydroxyl groups excluding tert-OH is 1. The molecule has 0 amide bonds. The molecule has 0 spiro atoms. The first-order valence-electron chi connectivity index (χ1n) is 10.3. The highest BCUT2D eigenvalue weighted by molar-refractivity contribution is 7.85. The van der Waals surface area contributed by atoms with Crippen molar-refractivity contribution < 1.29 is 32.3 Å². The Morgan fingerprint density at radius 2 is 1.15 bits per heavy atom. The van der Waals surface area contributed by atoms with Gasteiger partial charge in [-0.3, -0.25) is 4.55 Å². The average molecular weight is 413 g/mol. The Kier molecular flexibility index (Phi) is 18.9. The molecule has 0 bridgehead atoms. The molecular weight excluding hydrogens is 372 g/mol. The summed E-state index contributed by atoms with van der Waals surface area (Å²) in [5, 5.41) is 9.29. The Balaban J connectivity index is 3.13. The third-order valence-electron chi connectivity index (χ3n) is 4.10. The lowest BCUT2D eigenvalue weighted by atomic mass is 10.1. The standard InChI is InChI=1S/C19H40O7S/c1-2-3-4-5-6-7-8-9-10-11-12-24-13-14-25-15-16-26-17-19(20)18-27(21,22)23/h19-20H,2-18H2,1H3,(H,21,22,23). The topological polar surface area (TPSA) is 102 Å². The molecule has 0 heterocycles. The molecule has 0 radical (unpaired) electrons. The third-order valence-corrected chi connectivity index (χ3v) is 4.91. The van der Waals surface area contributed by atoms with Gasteiger partial charge in [-0.15, -0.1) is 0 Å². The summed E-state index contributed by atoms with van der Waals surface area (Å²) in [6.45, 7) is 4.48. The van der Waals surface area contributed by atoms with Crippen molar-refractivity contribution in [2.45, 2.75) is 77.2 Å². The molecule has 8 heteroatoms. The molecule has 0 rings (SSSR count). The molecule has 0 aliphatic rings. The van der Waals surface area contributed by atoms with Crippen molar-refractivity contribution in [2.24, 2.45) is 0 Å². The minimum atomic E-state index is -4.18. The first kappa shape index (κ1) is 26.8. The lowest BCUT2D eigenvalue weighted by Gasteiger charge is -2.10. The maximum absolute atomic E-state index is 10.5. The van der Waals surface area contributed by atoms with Gasteiger partial charge < -0.3 is 19.3 Å². The predicted octanol–water partition coefficient (Wildman–Crippen LogP) is 3.21. The second-order valence-electron chi connectivity index (χ2n) is 6.88. The second-order valence-corrected chi connectivity index (χ2v) is 8.38. The molecule has 7 nitrogen and oxygen atoms in total. The van der Waals surface area contributed by atoms with Crippen LogP contribution in [0.15, 0.2) is 0 Å². The summed E-state index contributed by atoms with van der Waals surface area (Å²) >= 11 is 0. The van der Waals surface area contributed by atoms with Gasteiger partial charge in [0.15, 0.2) is 0 Å². The predicted molar refractivity (Wildman–Crippen MR) is 107 cm³/mol. The number of unbranched alkanes of at least 4 members (excludes halogenated alkanes) is 9. The molecule has 1 unspecified atom stereocenters. The first-order valence-corrected chi connectivity index (χ1v) is 11.9. The van der Waals surface area contributed by atoms with Gasteiger partial charge in [-0.05, 0) is 6.42 Å². The highest BCUT2D eigenvalue weighted by atomic mass is 32.2. The summed E-state index contributed by atoms with van der Waals surface area (Å²) in [5.74, 6) is -0.722. The quantitative estimate of drug-likeness (QED) is 0.220. The van der Waals surface area contributed by atoms with E-state index in [4.69, 9.17) is 18.8 Å². The molecule has 0 aromatic rings. The van der Waals surface area contributed by atoms with Gasteiger partial charge in [0.2, 0.25) is 0 Å². The Bertz CT molecular complexity index is 401. The van der Waals surface area contributed by atoms with Gasteiger partial charge in [0.05, 0.1) is 39.1 Å². The molecule has 164 valence electrons. The molecule has 0 aromatic heterocycles. The maximum Gasteiger partial charge on any atom is 0.267 e. The van der Waals surface area contributed by atoms with E-state index in [2.05, 4.69) is 6.92 Å². The lowest BCUT2D eigenvalue weighted by Crippen LogP contribution is -2.26. The van der Waals surface area contributed by atoms with Gasteiger partial charge in [0.25, 0.3) is 10.1 Å². The van der Waals surface area contributed by atoms with Crippen molar-refractivity contribution in [1.29, 1.82) is 0 Å². The zero-order valence-corrected chi connectivity index (χ0v) is 17.8. The third kappa shape index (κ3) is 23.7. The van der Waals surface area contributed by atoms with Crippen LogP contribution < -0.4 is 0 Å². The van der Waals surface area contributed by atoms with Gasteiger partial charge in [-0.1, -0.05) is 64.7 Å². The van der Waals surface area contributed by atoms with Crippen LogP contribution in [-0.4, -0.2) is 69.6 Å². The van der Waals surface area contributed by atoms with Crippen LogP contribution >= 0.6 is 0 Å². The molecule has 0 aliphatic carbocycles. The molecule has 0 saturated carbocycles. The number of aliphatic hydroxyl groups is 1. The lowest BCUT2D eigenvalue weighted by molar-refractivity contribution is -0.00587. The largest absolute Gasteiger partial charge is 0.390 e. The van der Waals surface area contributed by atoms with Gasteiger partial charge in [0.1, 0.15) is 5.75 Å². The SMILES string of the molecule is CCCCCCCCCCCCOCCOCCOCC(O)CS(=O)(=O)O. The maximum atomic E-state index is 10.5. The fraction of sp³-hybridized carbons (Fsp3) is 1.00. The number of hydrogen-bond acceptors (Lipinski definition) is 6. The smallest absolute Gasteiger partial charge is 0.267 e. The van der Waals surface area contributed by atoms with Gasteiger partial charge in [-0.25, -0.2) is 0 Å². The molecular formula is C19H40O7S. The van der Waals surface area contributed by atoms with E-state index in [1.807, 2.05) is 0 Å². The van der Waals surface area contributed by atoms with Crippen LogP contribution in [-0.2, 0) is 24.3 Å². The van der Waals surface area contributed by atoms with E-state index in [0.717, 1.165) is 13.0 Å². The summed E-state index contributed by atoms with van der Waals surface area (Å²) < 4.78 is 45.5. The molecule has 0 fully saturated rings. The Labute approximate surface area is 165 Å². The summed E-state index contributed by atoms with van der Waals surface area (Å²) in [6, 6.07) is 0. The van der Waals surface area contributed by atoms with E-state index in [0.29, 0.717) is 19.8 Å². The Hall–Kier alpha value is -0.250. The molecule has 27 heavy (non-hydrogen) atoms. The highest BCUT2D eigenvalue weighted by Gasteiger charge is 2.13. The minimum absolute atomic E-state index is 0.154. The van der Waals surface area contributed by atoms with Crippen molar-refractivity contribution in [2.75, 3.05) is 45.4 Å². The van der Waals surface area contributed by atoms with E-state index in [-0.39, 0.29) is 13.2 Å². The van der Waals surface area contributed by atoms with E-state index in [9.17, 15) is 13.5 Å².